The minimum absolute atomic E-state index is 0.406. The Bertz CT molecular complexity index is 312. The fourth-order valence-corrected chi connectivity index (χ4v) is 0.880. The molecule has 3 nitrogen and oxygen atoms in total. The first-order chi connectivity index (χ1) is 5.65. The Kier molecular flexibility index (Phi) is 2.28. The molecule has 0 heterocycles. The maximum Gasteiger partial charge on any atom is 0.211 e. The summed E-state index contributed by atoms with van der Waals surface area (Å²) in [6, 6.07) is 2.32. The van der Waals surface area contributed by atoms with E-state index in [0.717, 1.165) is 6.07 Å². The van der Waals surface area contributed by atoms with Crippen LogP contribution < -0.4 is 5.32 Å². The molecule has 0 spiro atoms. The number of anilines is 1. The second-order valence-electron chi connectivity index (χ2n) is 2.38. The van der Waals surface area contributed by atoms with E-state index in [9.17, 15) is 9.18 Å². The van der Waals surface area contributed by atoms with Gasteiger partial charge in [-0.2, -0.15) is 0 Å². The largest absolute Gasteiger partial charge is 0.505 e. The lowest BCUT2D eigenvalue weighted by Gasteiger charge is -2.04. The molecule has 1 aromatic rings. The fourth-order valence-electron chi connectivity index (χ4n) is 0.880. The van der Waals surface area contributed by atoms with Crippen molar-refractivity contribution >= 4 is 12.1 Å². The molecule has 0 aromatic heterocycles. The number of amides is 1. The molecule has 0 bridgehead atoms. The van der Waals surface area contributed by atoms with Gasteiger partial charge in [-0.1, -0.05) is 0 Å². The third-order valence-electron chi connectivity index (χ3n) is 1.51. The molecule has 2 N–H and O–H groups in total. The number of phenolic OH excluding ortho intramolecular Hbond substituents is 1. The number of benzene rings is 1. The van der Waals surface area contributed by atoms with Crippen molar-refractivity contribution in [3.8, 4) is 5.75 Å². The molecule has 4 heteroatoms. The van der Waals surface area contributed by atoms with Gasteiger partial charge in [0.2, 0.25) is 6.41 Å². The molecule has 0 saturated carbocycles. The van der Waals surface area contributed by atoms with Crippen molar-refractivity contribution in [2.45, 2.75) is 6.92 Å². The summed E-state index contributed by atoms with van der Waals surface area (Å²) in [5, 5.41) is 11.3. The molecule has 0 aliphatic heterocycles. The van der Waals surface area contributed by atoms with Crippen LogP contribution in [0.2, 0.25) is 0 Å². The molecule has 1 rings (SSSR count). The van der Waals surface area contributed by atoms with Gasteiger partial charge in [-0.05, 0) is 18.6 Å². The fraction of sp³-hybridized carbons (Fsp3) is 0.125. The Morgan fingerprint density at radius 1 is 1.58 bits per heavy atom. The van der Waals surface area contributed by atoms with Crippen LogP contribution in [-0.2, 0) is 4.79 Å². The van der Waals surface area contributed by atoms with Crippen molar-refractivity contribution in [2.75, 3.05) is 5.32 Å². The van der Waals surface area contributed by atoms with Crippen molar-refractivity contribution in [3.63, 3.8) is 0 Å². The number of aromatic hydroxyl groups is 1. The molecule has 0 unspecified atom stereocenters. The van der Waals surface area contributed by atoms with E-state index in [-0.39, 0.29) is 0 Å². The van der Waals surface area contributed by atoms with E-state index >= 15 is 0 Å². The Morgan fingerprint density at radius 3 is 2.83 bits per heavy atom. The number of carbonyl (C=O) groups excluding carboxylic acids is 1. The summed E-state index contributed by atoms with van der Waals surface area (Å²) in [5.41, 5.74) is 0.973. The average molecular weight is 169 g/mol. The summed E-state index contributed by atoms with van der Waals surface area (Å²) >= 11 is 0. The predicted octanol–water partition coefficient (Wildman–Crippen LogP) is 1.41. The maximum absolute atomic E-state index is 12.6. The third kappa shape index (κ3) is 1.53. The van der Waals surface area contributed by atoms with E-state index < -0.39 is 11.6 Å². The quantitative estimate of drug-likeness (QED) is 0.657. The number of rotatable bonds is 2. The summed E-state index contributed by atoms with van der Waals surface area (Å²) in [6.07, 6.45) is 0.472. The minimum atomic E-state index is -0.691. The van der Waals surface area contributed by atoms with Crippen molar-refractivity contribution in [1.29, 1.82) is 0 Å². The smallest absolute Gasteiger partial charge is 0.211 e. The van der Waals surface area contributed by atoms with Crippen LogP contribution in [-0.4, -0.2) is 11.5 Å². The first kappa shape index (κ1) is 8.52. The van der Waals surface area contributed by atoms with Crippen molar-refractivity contribution in [3.05, 3.63) is 23.5 Å². The Labute approximate surface area is 68.8 Å². The number of halogens is 1. The van der Waals surface area contributed by atoms with E-state index in [1.54, 1.807) is 6.92 Å². The van der Waals surface area contributed by atoms with E-state index in [2.05, 4.69) is 5.32 Å². The van der Waals surface area contributed by atoms with Gasteiger partial charge >= 0.3 is 0 Å². The summed E-state index contributed by atoms with van der Waals surface area (Å²) in [5.74, 6) is -1.16. The summed E-state index contributed by atoms with van der Waals surface area (Å²) < 4.78 is 12.6. The van der Waals surface area contributed by atoms with Gasteiger partial charge in [0.25, 0.3) is 0 Å². The average Bonchev–Trinajstić information content (AvgIpc) is 2.01. The second kappa shape index (κ2) is 3.21. The van der Waals surface area contributed by atoms with Crippen molar-refractivity contribution < 1.29 is 14.3 Å². The van der Waals surface area contributed by atoms with Crippen molar-refractivity contribution in [1.82, 2.24) is 0 Å². The van der Waals surface area contributed by atoms with Crippen LogP contribution in [0.15, 0.2) is 12.1 Å². The third-order valence-corrected chi connectivity index (χ3v) is 1.51. The van der Waals surface area contributed by atoms with Gasteiger partial charge in [0, 0.05) is 11.8 Å². The van der Waals surface area contributed by atoms with E-state index in [4.69, 9.17) is 5.11 Å². The SMILES string of the molecule is Cc1cc(F)c(O)cc1NC=O. The maximum atomic E-state index is 12.6. The molecule has 0 radical (unpaired) electrons. The summed E-state index contributed by atoms with van der Waals surface area (Å²) in [6.45, 7) is 1.63. The Balaban J connectivity index is 3.13. The number of hydrogen-bond acceptors (Lipinski definition) is 2. The zero-order valence-corrected chi connectivity index (χ0v) is 6.47. The highest BCUT2D eigenvalue weighted by atomic mass is 19.1. The first-order valence-electron chi connectivity index (χ1n) is 3.34. The lowest BCUT2D eigenvalue weighted by molar-refractivity contribution is -0.105. The Morgan fingerprint density at radius 2 is 2.25 bits per heavy atom. The molecule has 1 aromatic carbocycles. The molecule has 1 amide bonds. The lowest BCUT2D eigenvalue weighted by Crippen LogP contribution is -1.96. The number of hydrogen-bond donors (Lipinski definition) is 2. The monoisotopic (exact) mass is 169 g/mol. The zero-order chi connectivity index (χ0) is 9.14. The predicted molar refractivity (Wildman–Crippen MR) is 42.5 cm³/mol. The van der Waals surface area contributed by atoms with Crippen LogP contribution in [0.4, 0.5) is 10.1 Å². The van der Waals surface area contributed by atoms with Gasteiger partial charge in [0.05, 0.1) is 0 Å². The highest BCUT2D eigenvalue weighted by Gasteiger charge is 2.04. The van der Waals surface area contributed by atoms with Crippen LogP contribution in [0.25, 0.3) is 0 Å². The summed E-state index contributed by atoms with van der Waals surface area (Å²) in [4.78, 5) is 10.0. The molecular weight excluding hydrogens is 161 g/mol. The van der Waals surface area contributed by atoms with Crippen LogP contribution in [0.1, 0.15) is 5.56 Å². The molecule has 0 fully saturated rings. The molecule has 12 heavy (non-hydrogen) atoms. The van der Waals surface area contributed by atoms with E-state index in [1.807, 2.05) is 0 Å². The van der Waals surface area contributed by atoms with Gasteiger partial charge in [0.1, 0.15) is 0 Å². The van der Waals surface area contributed by atoms with Crippen LogP contribution in [0.5, 0.6) is 5.75 Å². The van der Waals surface area contributed by atoms with Crippen molar-refractivity contribution in [2.24, 2.45) is 0 Å². The van der Waals surface area contributed by atoms with Gasteiger partial charge in [-0.3, -0.25) is 4.79 Å². The molecule has 64 valence electrons. The highest BCUT2D eigenvalue weighted by Crippen LogP contribution is 2.23. The van der Waals surface area contributed by atoms with Crippen LogP contribution >= 0.6 is 0 Å². The first-order valence-corrected chi connectivity index (χ1v) is 3.34. The molecule has 0 saturated heterocycles. The Hall–Kier alpha value is -1.58. The zero-order valence-electron chi connectivity index (χ0n) is 6.47. The molecule has 0 aliphatic rings. The number of phenols is 1. The van der Waals surface area contributed by atoms with Gasteiger partial charge in [-0.15, -0.1) is 0 Å². The summed E-state index contributed by atoms with van der Waals surface area (Å²) in [7, 11) is 0. The standard InChI is InChI=1S/C8H8FNO2/c1-5-2-6(9)8(12)3-7(5)10-4-11/h2-4,12H,1H3,(H,10,11). The highest BCUT2D eigenvalue weighted by molar-refractivity contribution is 5.74. The molecular formula is C8H8FNO2. The van der Waals surface area contributed by atoms with Gasteiger partial charge < -0.3 is 10.4 Å². The lowest BCUT2D eigenvalue weighted by atomic mass is 10.2. The minimum Gasteiger partial charge on any atom is -0.505 e. The van der Waals surface area contributed by atoms with Gasteiger partial charge in [0.15, 0.2) is 11.6 Å². The van der Waals surface area contributed by atoms with Crippen LogP contribution in [0.3, 0.4) is 0 Å². The van der Waals surface area contributed by atoms with Crippen LogP contribution in [0, 0.1) is 12.7 Å². The van der Waals surface area contributed by atoms with E-state index in [0.29, 0.717) is 17.7 Å². The number of aryl methyl sites for hydroxylation is 1. The molecule has 0 aliphatic carbocycles. The number of nitrogens with one attached hydrogen (secondary N) is 1. The van der Waals surface area contributed by atoms with E-state index in [1.165, 1.54) is 6.07 Å². The number of carbonyl (C=O) groups is 1. The van der Waals surface area contributed by atoms with Gasteiger partial charge in [-0.25, -0.2) is 4.39 Å². The normalized spacial score (nSPS) is 9.50. The topological polar surface area (TPSA) is 49.3 Å². The second-order valence-corrected chi connectivity index (χ2v) is 2.38. The molecule has 0 atom stereocenters.